The summed E-state index contributed by atoms with van der Waals surface area (Å²) in [5.74, 6) is -0.146. The van der Waals surface area contributed by atoms with Crippen LogP contribution in [0.5, 0.6) is 0 Å². The van der Waals surface area contributed by atoms with Crippen molar-refractivity contribution in [1.82, 2.24) is 0 Å². The Morgan fingerprint density at radius 1 is 1.38 bits per heavy atom. The fourth-order valence-electron chi connectivity index (χ4n) is 0.859. The molecular weight excluding hydrogens is 282 g/mol. The summed E-state index contributed by atoms with van der Waals surface area (Å²) in [4.78, 5) is 26.4. The molecule has 87 valence electrons. The van der Waals surface area contributed by atoms with Crippen molar-refractivity contribution < 1.29 is 47.1 Å². The Morgan fingerprint density at radius 2 is 1.94 bits per heavy atom. The van der Waals surface area contributed by atoms with E-state index in [9.17, 15) is 9.59 Å². The van der Waals surface area contributed by atoms with Crippen LogP contribution in [0.1, 0.15) is 26.2 Å². The van der Waals surface area contributed by atoms with Gasteiger partial charge in [-0.1, -0.05) is 5.16 Å². The van der Waals surface area contributed by atoms with E-state index in [1.54, 1.807) is 0 Å². The van der Waals surface area contributed by atoms with E-state index in [0.717, 1.165) is 0 Å². The van der Waals surface area contributed by atoms with Crippen molar-refractivity contribution >= 4 is 25.1 Å². The zero-order valence-electron chi connectivity index (χ0n) is 9.86. The minimum absolute atomic E-state index is 0. The van der Waals surface area contributed by atoms with Crippen molar-refractivity contribution in [2.45, 2.75) is 26.2 Å². The standard InChI is InChI=1S/C9H13BNO3.CH3.Y/c1-3-9(13)5-8(4-7(2)12)11-14-6-10;;/h1,3-6H2,2H3;1H3;/q2*-1;/b11-8-;;. The number of Topliss-reactive ketones (excluding diaryl/α,β-unsaturated/α-hetero) is 2. The van der Waals surface area contributed by atoms with E-state index in [2.05, 4.69) is 16.9 Å². The van der Waals surface area contributed by atoms with Crippen molar-refractivity contribution in [3.8, 4) is 0 Å². The molecule has 0 spiro atoms. The average molecular weight is 298 g/mol. The molecule has 0 bridgehead atoms. The van der Waals surface area contributed by atoms with Gasteiger partial charge in [-0.25, -0.2) is 0 Å². The number of oxime groups is 1. The van der Waals surface area contributed by atoms with E-state index in [-0.39, 0.29) is 77.5 Å². The third-order valence-electron chi connectivity index (χ3n) is 1.40. The summed E-state index contributed by atoms with van der Waals surface area (Å²) in [5.41, 5.74) is 0.400. The van der Waals surface area contributed by atoms with E-state index < -0.39 is 0 Å². The Labute approximate surface area is 124 Å². The molecule has 16 heavy (non-hydrogen) atoms. The van der Waals surface area contributed by atoms with Gasteiger partial charge in [0.2, 0.25) is 0 Å². The second-order valence-corrected chi connectivity index (χ2v) is 2.80. The summed E-state index contributed by atoms with van der Waals surface area (Å²) in [7, 11) is 5.06. The molecule has 0 aliphatic carbocycles. The predicted octanol–water partition coefficient (Wildman–Crippen LogP) is 1.10. The van der Waals surface area contributed by atoms with Gasteiger partial charge in [0.1, 0.15) is 19.4 Å². The molecule has 0 aromatic carbocycles. The van der Waals surface area contributed by atoms with Gasteiger partial charge in [-0.2, -0.15) is 0 Å². The van der Waals surface area contributed by atoms with Crippen LogP contribution in [0.25, 0.3) is 0 Å². The van der Waals surface area contributed by atoms with Crippen molar-refractivity contribution in [1.29, 1.82) is 0 Å². The first-order valence-electron chi connectivity index (χ1n) is 4.28. The van der Waals surface area contributed by atoms with Crippen molar-refractivity contribution in [2.75, 3.05) is 6.51 Å². The molecule has 6 heteroatoms. The largest absolute Gasteiger partial charge is 0.406 e. The van der Waals surface area contributed by atoms with Gasteiger partial charge in [-0.05, 0) is 6.92 Å². The normalized spacial score (nSPS) is 9.75. The van der Waals surface area contributed by atoms with Crippen LogP contribution in [0.3, 0.4) is 0 Å². The maximum atomic E-state index is 11.0. The van der Waals surface area contributed by atoms with E-state index in [0.29, 0.717) is 5.71 Å². The van der Waals surface area contributed by atoms with Gasteiger partial charge in [0.05, 0.1) is 12.2 Å². The van der Waals surface area contributed by atoms with Crippen LogP contribution in [0.15, 0.2) is 5.16 Å². The number of hydrogen-bond acceptors (Lipinski definition) is 4. The molecule has 4 nitrogen and oxygen atoms in total. The van der Waals surface area contributed by atoms with Crippen LogP contribution in [-0.4, -0.2) is 31.6 Å². The Morgan fingerprint density at radius 3 is 2.31 bits per heavy atom. The fourth-order valence-corrected chi connectivity index (χ4v) is 0.859. The SMILES string of the molecule is [B]CO/N=C(/CC(C)=O)CC(=O)C[CH2-].[CH3-].[Y]. The van der Waals surface area contributed by atoms with E-state index in [1.165, 1.54) is 6.92 Å². The Balaban J connectivity index is -0.000000845. The third kappa shape index (κ3) is 12.1. The van der Waals surface area contributed by atoms with Crippen molar-refractivity contribution in [3.05, 3.63) is 14.4 Å². The Hall–Kier alpha value is -0.0212. The molecule has 0 fully saturated rings. The van der Waals surface area contributed by atoms with Crippen LogP contribution in [0, 0.1) is 14.4 Å². The topological polar surface area (TPSA) is 55.7 Å². The number of hydrogen-bond donors (Lipinski definition) is 0. The minimum atomic E-state index is -0.0781. The summed E-state index contributed by atoms with van der Waals surface area (Å²) < 4.78 is 0. The van der Waals surface area contributed by atoms with Crippen LogP contribution >= 0.6 is 0 Å². The smallest absolute Gasteiger partial charge is 0.135 e. The molecule has 0 atom stereocenters. The summed E-state index contributed by atoms with van der Waals surface area (Å²) in [6.45, 7) is 4.80. The van der Waals surface area contributed by atoms with Gasteiger partial charge in [-0.3, -0.25) is 4.79 Å². The molecule has 0 amide bonds. The molecule has 3 radical (unpaired) electrons. The zero-order chi connectivity index (χ0) is 11.0. The number of ketones is 2. The van der Waals surface area contributed by atoms with E-state index in [4.69, 9.17) is 7.85 Å². The van der Waals surface area contributed by atoms with Gasteiger partial charge in [-0.15, -0.1) is 6.42 Å². The number of carbonyl (C=O) groups is 2. The summed E-state index contributed by atoms with van der Waals surface area (Å²) >= 11 is 0. The van der Waals surface area contributed by atoms with E-state index in [1.807, 2.05) is 0 Å². The monoisotopic (exact) mass is 298 g/mol. The zero-order valence-corrected chi connectivity index (χ0v) is 12.7. The van der Waals surface area contributed by atoms with Crippen molar-refractivity contribution in [2.24, 2.45) is 5.16 Å². The fraction of sp³-hybridized carbons (Fsp3) is 0.500. The number of rotatable bonds is 7. The van der Waals surface area contributed by atoms with Gasteiger partial charge < -0.3 is 24.0 Å². The maximum absolute atomic E-state index is 11.0. The average Bonchev–Trinajstić information content (AvgIpc) is 2.13. The first-order chi connectivity index (χ1) is 6.60. The first kappa shape index (κ1) is 21.3. The Bertz CT molecular complexity index is 244. The van der Waals surface area contributed by atoms with Gasteiger partial charge >= 0.3 is 0 Å². The van der Waals surface area contributed by atoms with E-state index >= 15 is 0 Å². The third-order valence-corrected chi connectivity index (χ3v) is 1.40. The molecule has 0 saturated heterocycles. The molecular formula is C10H16BNO3Y-2. The van der Waals surface area contributed by atoms with Gasteiger partial charge in [0.25, 0.3) is 0 Å². The summed E-state index contributed by atoms with van der Waals surface area (Å²) in [6, 6.07) is 0. The van der Waals surface area contributed by atoms with Crippen LogP contribution in [-0.2, 0) is 47.1 Å². The van der Waals surface area contributed by atoms with Gasteiger partial charge in [0, 0.05) is 45.6 Å². The van der Waals surface area contributed by atoms with Crippen molar-refractivity contribution in [3.63, 3.8) is 0 Å². The molecule has 0 saturated carbocycles. The second kappa shape index (κ2) is 13.0. The molecule has 0 N–H and O–H groups in total. The molecule has 0 aromatic rings. The minimum Gasteiger partial charge on any atom is -0.406 e. The second-order valence-electron chi connectivity index (χ2n) is 2.80. The molecule has 0 unspecified atom stereocenters. The molecule has 0 aliphatic rings. The summed E-state index contributed by atoms with van der Waals surface area (Å²) in [6.07, 6.45) is 0.397. The first-order valence-corrected chi connectivity index (χ1v) is 4.28. The molecule has 0 aliphatic heterocycles. The maximum Gasteiger partial charge on any atom is 0.135 e. The van der Waals surface area contributed by atoms with Crippen LogP contribution in [0.2, 0.25) is 0 Å². The van der Waals surface area contributed by atoms with Gasteiger partial charge in [0.15, 0.2) is 0 Å². The molecule has 0 aromatic heterocycles. The van der Waals surface area contributed by atoms with Crippen LogP contribution < -0.4 is 0 Å². The number of carbonyl (C=O) groups excluding carboxylic acids is 2. The van der Waals surface area contributed by atoms with Crippen LogP contribution in [0.4, 0.5) is 0 Å². The predicted molar refractivity (Wildman–Crippen MR) is 60.5 cm³/mol. The number of nitrogens with zero attached hydrogens (tertiary/aromatic N) is 1. The Kier molecular flexibility index (Phi) is 17.4. The quantitative estimate of drug-likeness (QED) is 0.306. The molecule has 0 heterocycles. The summed E-state index contributed by atoms with van der Waals surface area (Å²) in [5, 5.41) is 3.59. The molecule has 0 rings (SSSR count).